The number of nitrogens with zero attached hydrogens (tertiary/aromatic N) is 3. The Bertz CT molecular complexity index is 381. The Morgan fingerprint density at radius 3 is 2.61 bits per heavy atom. The van der Waals surface area contributed by atoms with Crippen LogP contribution in [0.3, 0.4) is 0 Å². The number of hydrogen-bond acceptors (Lipinski definition) is 4. The van der Waals surface area contributed by atoms with E-state index in [-0.39, 0.29) is 0 Å². The Hall–Kier alpha value is -1.16. The van der Waals surface area contributed by atoms with Crippen molar-refractivity contribution in [2.45, 2.75) is 45.2 Å². The van der Waals surface area contributed by atoms with Gasteiger partial charge in [-0.25, -0.2) is 4.98 Å². The highest BCUT2D eigenvalue weighted by Crippen LogP contribution is 2.30. The molecular formula is C14H22N4. The van der Waals surface area contributed by atoms with Crippen LogP contribution in [0.5, 0.6) is 0 Å². The summed E-state index contributed by atoms with van der Waals surface area (Å²) in [4.78, 5) is 11.4. The van der Waals surface area contributed by atoms with Crippen molar-refractivity contribution in [3.8, 4) is 0 Å². The molecule has 0 amide bonds. The van der Waals surface area contributed by atoms with Crippen LogP contribution in [0.1, 0.15) is 38.3 Å². The first-order valence-corrected chi connectivity index (χ1v) is 7.14. The Kier molecular flexibility index (Phi) is 3.46. The summed E-state index contributed by atoms with van der Waals surface area (Å²) >= 11 is 0. The van der Waals surface area contributed by atoms with Crippen molar-refractivity contribution in [2.75, 3.05) is 18.0 Å². The molecule has 0 unspecified atom stereocenters. The molecule has 98 valence electrons. The molecule has 2 saturated carbocycles. The molecule has 0 aliphatic heterocycles. The smallest absolute Gasteiger partial charge is 0.147 e. The lowest BCUT2D eigenvalue weighted by molar-refractivity contribution is 0.669. The average Bonchev–Trinajstić information content (AvgIpc) is 3.28. The standard InChI is InChI=1S/C14H22N4/c1-2-18(10-11-3-4-11)14-9-16-13(8-17-14)7-15-12-5-6-12/h8-9,11-12,15H,2-7,10H2,1H3. The second kappa shape index (κ2) is 5.22. The van der Waals surface area contributed by atoms with Crippen LogP contribution in [0, 0.1) is 5.92 Å². The number of hydrogen-bond donors (Lipinski definition) is 1. The molecule has 4 nitrogen and oxygen atoms in total. The summed E-state index contributed by atoms with van der Waals surface area (Å²) in [6.45, 7) is 5.20. The molecule has 2 fully saturated rings. The summed E-state index contributed by atoms with van der Waals surface area (Å²) in [6.07, 6.45) is 9.24. The number of rotatable bonds is 7. The molecule has 1 heterocycles. The van der Waals surface area contributed by atoms with E-state index in [9.17, 15) is 0 Å². The number of anilines is 1. The van der Waals surface area contributed by atoms with Gasteiger partial charge in [-0.2, -0.15) is 0 Å². The highest BCUT2D eigenvalue weighted by Gasteiger charge is 2.24. The molecule has 0 atom stereocenters. The van der Waals surface area contributed by atoms with Gasteiger partial charge >= 0.3 is 0 Å². The van der Waals surface area contributed by atoms with Crippen molar-refractivity contribution < 1.29 is 0 Å². The zero-order valence-electron chi connectivity index (χ0n) is 11.1. The van der Waals surface area contributed by atoms with Gasteiger partial charge in [-0.15, -0.1) is 0 Å². The Morgan fingerprint density at radius 2 is 2.06 bits per heavy atom. The normalized spacial score (nSPS) is 18.9. The van der Waals surface area contributed by atoms with Crippen LogP contribution in [-0.4, -0.2) is 29.1 Å². The van der Waals surface area contributed by atoms with E-state index < -0.39 is 0 Å². The molecule has 2 aliphatic carbocycles. The van der Waals surface area contributed by atoms with Gasteiger partial charge in [0.1, 0.15) is 5.82 Å². The first-order chi connectivity index (χ1) is 8.85. The van der Waals surface area contributed by atoms with Gasteiger partial charge in [-0.3, -0.25) is 4.98 Å². The van der Waals surface area contributed by atoms with Crippen LogP contribution < -0.4 is 10.2 Å². The van der Waals surface area contributed by atoms with Crippen LogP contribution in [0.4, 0.5) is 5.82 Å². The zero-order valence-corrected chi connectivity index (χ0v) is 11.1. The molecule has 0 aromatic carbocycles. The maximum atomic E-state index is 4.55. The molecule has 0 saturated heterocycles. The van der Waals surface area contributed by atoms with Crippen LogP contribution in [-0.2, 0) is 6.54 Å². The minimum Gasteiger partial charge on any atom is -0.355 e. The fourth-order valence-corrected chi connectivity index (χ4v) is 2.14. The Labute approximate surface area is 109 Å². The van der Waals surface area contributed by atoms with Crippen molar-refractivity contribution in [3.63, 3.8) is 0 Å². The third kappa shape index (κ3) is 3.19. The molecule has 0 radical (unpaired) electrons. The van der Waals surface area contributed by atoms with Crippen LogP contribution in [0.15, 0.2) is 12.4 Å². The molecule has 0 spiro atoms. The molecule has 4 heteroatoms. The summed E-state index contributed by atoms with van der Waals surface area (Å²) < 4.78 is 0. The van der Waals surface area contributed by atoms with E-state index in [2.05, 4.69) is 27.1 Å². The molecule has 1 N–H and O–H groups in total. The summed E-state index contributed by atoms with van der Waals surface area (Å²) in [5.41, 5.74) is 1.05. The van der Waals surface area contributed by atoms with Gasteiger partial charge < -0.3 is 10.2 Å². The molecule has 2 aliphatic rings. The Morgan fingerprint density at radius 1 is 1.22 bits per heavy atom. The SMILES string of the molecule is CCN(CC1CC1)c1cnc(CNC2CC2)cn1. The van der Waals surface area contributed by atoms with Crippen molar-refractivity contribution in [3.05, 3.63) is 18.1 Å². The molecule has 3 rings (SSSR count). The van der Waals surface area contributed by atoms with Gasteiger partial charge in [0.15, 0.2) is 0 Å². The zero-order chi connectivity index (χ0) is 12.4. The van der Waals surface area contributed by atoms with Crippen LogP contribution >= 0.6 is 0 Å². The minimum atomic E-state index is 0.730. The van der Waals surface area contributed by atoms with Crippen molar-refractivity contribution in [2.24, 2.45) is 5.92 Å². The summed E-state index contributed by atoms with van der Waals surface area (Å²) in [5, 5.41) is 3.46. The maximum absolute atomic E-state index is 4.55. The highest BCUT2D eigenvalue weighted by atomic mass is 15.2. The van der Waals surface area contributed by atoms with E-state index >= 15 is 0 Å². The van der Waals surface area contributed by atoms with Gasteiger partial charge in [-0.05, 0) is 38.5 Å². The second-order valence-electron chi connectivity index (χ2n) is 5.50. The second-order valence-corrected chi connectivity index (χ2v) is 5.50. The summed E-state index contributed by atoms with van der Waals surface area (Å²) in [5.74, 6) is 1.92. The van der Waals surface area contributed by atoms with E-state index in [1.807, 2.05) is 12.4 Å². The lowest BCUT2D eigenvalue weighted by Crippen LogP contribution is -2.26. The van der Waals surface area contributed by atoms with Crippen molar-refractivity contribution >= 4 is 5.82 Å². The third-order valence-corrected chi connectivity index (χ3v) is 3.72. The largest absolute Gasteiger partial charge is 0.355 e. The van der Waals surface area contributed by atoms with Gasteiger partial charge in [0.25, 0.3) is 0 Å². The van der Waals surface area contributed by atoms with E-state index in [1.165, 1.54) is 25.7 Å². The monoisotopic (exact) mass is 246 g/mol. The molecule has 1 aromatic rings. The highest BCUT2D eigenvalue weighted by molar-refractivity contribution is 5.35. The Balaban J connectivity index is 1.57. The van der Waals surface area contributed by atoms with E-state index in [0.717, 1.165) is 43.1 Å². The molecule has 18 heavy (non-hydrogen) atoms. The predicted molar refractivity (Wildman–Crippen MR) is 72.5 cm³/mol. The third-order valence-electron chi connectivity index (χ3n) is 3.72. The van der Waals surface area contributed by atoms with Crippen LogP contribution in [0.25, 0.3) is 0 Å². The van der Waals surface area contributed by atoms with Crippen molar-refractivity contribution in [1.82, 2.24) is 15.3 Å². The summed E-state index contributed by atoms with van der Waals surface area (Å²) in [6, 6.07) is 0.730. The lowest BCUT2D eigenvalue weighted by Gasteiger charge is -2.21. The van der Waals surface area contributed by atoms with Gasteiger partial charge in [-0.1, -0.05) is 0 Å². The molecule has 1 aromatic heterocycles. The van der Waals surface area contributed by atoms with E-state index in [0.29, 0.717) is 0 Å². The first kappa shape index (κ1) is 11.9. The first-order valence-electron chi connectivity index (χ1n) is 7.14. The molecule has 0 bridgehead atoms. The quantitative estimate of drug-likeness (QED) is 0.798. The predicted octanol–water partition coefficient (Wildman–Crippen LogP) is 1.96. The topological polar surface area (TPSA) is 41.1 Å². The average molecular weight is 246 g/mol. The number of aromatic nitrogens is 2. The summed E-state index contributed by atoms with van der Waals surface area (Å²) in [7, 11) is 0. The fraction of sp³-hybridized carbons (Fsp3) is 0.714. The van der Waals surface area contributed by atoms with Gasteiger partial charge in [0.05, 0.1) is 18.1 Å². The lowest BCUT2D eigenvalue weighted by atomic mass is 10.3. The van der Waals surface area contributed by atoms with Gasteiger partial charge in [0, 0.05) is 25.7 Å². The van der Waals surface area contributed by atoms with Gasteiger partial charge in [0.2, 0.25) is 0 Å². The maximum Gasteiger partial charge on any atom is 0.147 e. The molecular weight excluding hydrogens is 224 g/mol. The van der Waals surface area contributed by atoms with E-state index in [4.69, 9.17) is 0 Å². The number of nitrogens with one attached hydrogen (secondary N) is 1. The minimum absolute atomic E-state index is 0.730. The van der Waals surface area contributed by atoms with Crippen molar-refractivity contribution in [1.29, 1.82) is 0 Å². The fourth-order valence-electron chi connectivity index (χ4n) is 2.14. The van der Waals surface area contributed by atoms with Crippen LogP contribution in [0.2, 0.25) is 0 Å². The van der Waals surface area contributed by atoms with E-state index in [1.54, 1.807) is 0 Å².